The molecule has 3 aromatic carbocycles. The second kappa shape index (κ2) is 12.2. The van der Waals surface area contributed by atoms with Crippen molar-refractivity contribution in [1.82, 2.24) is 10.2 Å². The highest BCUT2D eigenvalue weighted by atomic mass is 35.5. The zero-order chi connectivity index (χ0) is 27.2. The number of carbonyl (C=O) groups is 2. The SMILES string of the molecule is CCNC(=O)[C@H](C)N(Cc1ccc(F)cc1)C(=O)CN(c1ccc(Cl)cc1C)S(=O)(=O)c1ccccc1. The maximum atomic E-state index is 13.7. The molecule has 3 aromatic rings. The van der Waals surface area contributed by atoms with Gasteiger partial charge in [0.1, 0.15) is 18.4 Å². The van der Waals surface area contributed by atoms with Gasteiger partial charge in [-0.1, -0.05) is 41.9 Å². The molecule has 0 saturated heterocycles. The first kappa shape index (κ1) is 28.1. The van der Waals surface area contributed by atoms with E-state index >= 15 is 0 Å². The maximum absolute atomic E-state index is 13.7. The summed E-state index contributed by atoms with van der Waals surface area (Å²) in [4.78, 5) is 27.7. The summed E-state index contributed by atoms with van der Waals surface area (Å²) in [6.45, 7) is 4.80. The first-order chi connectivity index (χ1) is 17.5. The molecule has 1 atom stereocenters. The Morgan fingerprint density at radius 3 is 2.27 bits per heavy atom. The number of halogens is 2. The van der Waals surface area contributed by atoms with E-state index in [2.05, 4.69) is 5.32 Å². The number of likely N-dealkylation sites (N-methyl/N-ethyl adjacent to an activating group) is 1. The van der Waals surface area contributed by atoms with Crippen molar-refractivity contribution in [2.24, 2.45) is 0 Å². The second-order valence-electron chi connectivity index (χ2n) is 8.47. The lowest BCUT2D eigenvalue weighted by molar-refractivity contribution is -0.139. The van der Waals surface area contributed by atoms with E-state index in [9.17, 15) is 22.4 Å². The highest BCUT2D eigenvalue weighted by molar-refractivity contribution is 7.92. The largest absolute Gasteiger partial charge is 0.355 e. The normalized spacial score (nSPS) is 12.0. The molecule has 0 heterocycles. The predicted molar refractivity (Wildman–Crippen MR) is 142 cm³/mol. The van der Waals surface area contributed by atoms with Crippen LogP contribution in [0.3, 0.4) is 0 Å². The van der Waals surface area contributed by atoms with Crippen LogP contribution in [0.25, 0.3) is 0 Å². The number of rotatable bonds is 10. The standard InChI is InChI=1S/C27H29ClFN3O4S/c1-4-30-27(34)20(3)31(17-21-10-13-23(29)14-11-21)26(33)18-32(25-15-12-22(28)16-19(25)2)37(35,36)24-8-6-5-7-9-24/h5-16,20H,4,17-18H2,1-3H3,(H,30,34)/t20-/m0/s1. The molecule has 0 fully saturated rings. The minimum Gasteiger partial charge on any atom is -0.355 e. The van der Waals surface area contributed by atoms with E-state index in [0.717, 1.165) is 4.31 Å². The van der Waals surface area contributed by atoms with Crippen LogP contribution in [-0.4, -0.2) is 44.3 Å². The number of hydrogen-bond donors (Lipinski definition) is 1. The molecule has 0 aliphatic heterocycles. The summed E-state index contributed by atoms with van der Waals surface area (Å²) in [6.07, 6.45) is 0. The Hall–Kier alpha value is -3.43. The molecule has 0 bridgehead atoms. The van der Waals surface area contributed by atoms with Crippen LogP contribution in [0.5, 0.6) is 0 Å². The molecule has 37 heavy (non-hydrogen) atoms. The number of hydrogen-bond acceptors (Lipinski definition) is 4. The molecular weight excluding hydrogens is 517 g/mol. The lowest BCUT2D eigenvalue weighted by Crippen LogP contribution is -2.51. The third kappa shape index (κ3) is 6.87. The van der Waals surface area contributed by atoms with Gasteiger partial charge in [0.25, 0.3) is 10.0 Å². The number of nitrogens with one attached hydrogen (secondary N) is 1. The van der Waals surface area contributed by atoms with E-state index in [0.29, 0.717) is 22.7 Å². The van der Waals surface area contributed by atoms with E-state index in [4.69, 9.17) is 11.6 Å². The monoisotopic (exact) mass is 545 g/mol. The average Bonchev–Trinajstić information content (AvgIpc) is 2.87. The Morgan fingerprint density at radius 1 is 1.03 bits per heavy atom. The van der Waals surface area contributed by atoms with Gasteiger partial charge >= 0.3 is 0 Å². The van der Waals surface area contributed by atoms with Crippen molar-refractivity contribution in [1.29, 1.82) is 0 Å². The van der Waals surface area contributed by atoms with Gasteiger partial charge in [-0.2, -0.15) is 0 Å². The first-order valence-electron chi connectivity index (χ1n) is 11.7. The average molecular weight is 546 g/mol. The highest BCUT2D eigenvalue weighted by Crippen LogP contribution is 2.29. The summed E-state index contributed by atoms with van der Waals surface area (Å²) >= 11 is 6.10. The van der Waals surface area contributed by atoms with E-state index in [-0.39, 0.29) is 17.1 Å². The topological polar surface area (TPSA) is 86.8 Å². The number of aryl methyl sites for hydroxylation is 1. The molecule has 0 aromatic heterocycles. The van der Waals surface area contributed by atoms with Crippen molar-refractivity contribution < 1.29 is 22.4 Å². The fraction of sp³-hybridized carbons (Fsp3) is 0.259. The molecule has 10 heteroatoms. The summed E-state index contributed by atoms with van der Waals surface area (Å²) < 4.78 is 41.9. The molecule has 3 rings (SSSR count). The van der Waals surface area contributed by atoms with Crippen molar-refractivity contribution in [2.45, 2.75) is 38.3 Å². The number of sulfonamides is 1. The summed E-state index contributed by atoms with van der Waals surface area (Å²) in [5.74, 6) is -1.42. The van der Waals surface area contributed by atoms with Crippen molar-refractivity contribution in [3.8, 4) is 0 Å². The molecule has 196 valence electrons. The van der Waals surface area contributed by atoms with Gasteiger partial charge in [0, 0.05) is 18.1 Å². The van der Waals surface area contributed by atoms with E-state index in [1.54, 1.807) is 57.2 Å². The second-order valence-corrected chi connectivity index (χ2v) is 10.8. The van der Waals surface area contributed by atoms with Crippen molar-refractivity contribution in [2.75, 3.05) is 17.4 Å². The summed E-state index contributed by atoms with van der Waals surface area (Å²) in [6, 6.07) is 17.1. The molecule has 1 N–H and O–H groups in total. The first-order valence-corrected chi connectivity index (χ1v) is 13.5. The molecular formula is C27H29ClFN3O4S. The van der Waals surface area contributed by atoms with Crippen molar-refractivity contribution in [3.05, 3.63) is 94.8 Å². The lowest BCUT2D eigenvalue weighted by atomic mass is 10.1. The predicted octanol–water partition coefficient (Wildman–Crippen LogP) is 4.54. The third-order valence-corrected chi connectivity index (χ3v) is 7.83. The Bertz CT molecular complexity index is 1350. The van der Waals surface area contributed by atoms with Gasteiger partial charge < -0.3 is 10.2 Å². The van der Waals surface area contributed by atoms with Gasteiger partial charge in [-0.05, 0) is 74.4 Å². The van der Waals surface area contributed by atoms with E-state index in [1.165, 1.54) is 41.3 Å². The quantitative estimate of drug-likeness (QED) is 0.405. The van der Waals surface area contributed by atoms with Gasteiger partial charge in [0.15, 0.2) is 0 Å². The Labute approximate surface area is 221 Å². The van der Waals surface area contributed by atoms with Crippen LogP contribution < -0.4 is 9.62 Å². The molecule has 0 unspecified atom stereocenters. The number of amides is 2. The Morgan fingerprint density at radius 2 is 1.68 bits per heavy atom. The van der Waals surface area contributed by atoms with Crippen molar-refractivity contribution >= 4 is 39.1 Å². The summed E-state index contributed by atoms with van der Waals surface area (Å²) in [5.41, 5.74) is 1.43. The van der Waals surface area contributed by atoms with Gasteiger partial charge in [-0.15, -0.1) is 0 Å². The summed E-state index contributed by atoms with van der Waals surface area (Å²) in [5, 5.41) is 3.12. The molecule has 0 spiro atoms. The minimum atomic E-state index is -4.16. The molecule has 7 nitrogen and oxygen atoms in total. The van der Waals surface area contributed by atoms with Crippen LogP contribution in [0.2, 0.25) is 5.02 Å². The molecule has 0 aliphatic carbocycles. The molecule has 2 amide bonds. The fourth-order valence-electron chi connectivity index (χ4n) is 3.82. The van der Waals surface area contributed by atoms with Crippen molar-refractivity contribution in [3.63, 3.8) is 0 Å². The summed E-state index contributed by atoms with van der Waals surface area (Å²) in [7, 11) is -4.16. The van der Waals surface area contributed by atoms with Crippen LogP contribution in [-0.2, 0) is 26.2 Å². The Balaban J connectivity index is 2.04. The maximum Gasteiger partial charge on any atom is 0.264 e. The highest BCUT2D eigenvalue weighted by Gasteiger charge is 2.33. The van der Waals surface area contributed by atoms with E-state index in [1.807, 2.05) is 0 Å². The molecule has 0 aliphatic rings. The van der Waals surface area contributed by atoms with Crippen LogP contribution in [0.1, 0.15) is 25.0 Å². The van der Waals surface area contributed by atoms with Gasteiger partial charge in [-0.3, -0.25) is 13.9 Å². The van der Waals surface area contributed by atoms with Crippen LogP contribution in [0, 0.1) is 12.7 Å². The molecule has 0 saturated carbocycles. The zero-order valence-electron chi connectivity index (χ0n) is 20.8. The smallest absolute Gasteiger partial charge is 0.264 e. The number of anilines is 1. The number of carbonyl (C=O) groups excluding carboxylic acids is 2. The van der Waals surface area contributed by atoms with Gasteiger partial charge in [0.05, 0.1) is 10.6 Å². The third-order valence-electron chi connectivity index (χ3n) is 5.82. The van der Waals surface area contributed by atoms with E-state index < -0.39 is 40.2 Å². The van der Waals surface area contributed by atoms with Crippen LogP contribution in [0.4, 0.5) is 10.1 Å². The van der Waals surface area contributed by atoms with Gasteiger partial charge in [-0.25, -0.2) is 12.8 Å². The van der Waals surface area contributed by atoms with Crippen LogP contribution >= 0.6 is 11.6 Å². The van der Waals surface area contributed by atoms with Gasteiger partial charge in [0.2, 0.25) is 11.8 Å². The zero-order valence-corrected chi connectivity index (χ0v) is 22.4. The number of nitrogens with zero attached hydrogens (tertiary/aromatic N) is 2. The minimum absolute atomic E-state index is 0.0130. The lowest BCUT2D eigenvalue weighted by Gasteiger charge is -2.32. The Kier molecular flexibility index (Phi) is 9.29. The molecule has 0 radical (unpaired) electrons. The number of benzene rings is 3. The van der Waals surface area contributed by atoms with Crippen LogP contribution in [0.15, 0.2) is 77.7 Å². The fourth-order valence-corrected chi connectivity index (χ4v) is 5.55.